The molecule has 3 fully saturated rings. The van der Waals surface area contributed by atoms with Crippen LogP contribution in [-0.4, -0.2) is 54.6 Å². The lowest BCUT2D eigenvalue weighted by molar-refractivity contribution is 0.176. The predicted molar refractivity (Wildman–Crippen MR) is 71.5 cm³/mol. The Balaban J connectivity index is 1.67. The summed E-state index contributed by atoms with van der Waals surface area (Å²) in [5, 5.41) is 3.37. The van der Waals surface area contributed by atoms with Gasteiger partial charge in [0.2, 0.25) is 0 Å². The molecule has 2 aliphatic heterocycles. The number of amides is 2. The minimum atomic E-state index is 0.263. The molecule has 0 aromatic rings. The first-order valence-corrected chi connectivity index (χ1v) is 7.51. The summed E-state index contributed by atoms with van der Waals surface area (Å²) in [5.41, 5.74) is 0. The maximum Gasteiger partial charge on any atom is 0.320 e. The maximum absolute atomic E-state index is 12.4. The van der Waals surface area contributed by atoms with E-state index in [1.54, 1.807) is 0 Å². The van der Waals surface area contributed by atoms with Crippen molar-refractivity contribution in [3.8, 4) is 0 Å². The number of rotatable bonds is 2. The van der Waals surface area contributed by atoms with Crippen LogP contribution in [0, 0.1) is 5.92 Å². The van der Waals surface area contributed by atoms with Gasteiger partial charge in [-0.15, -0.1) is 0 Å². The SMILES string of the molecule is CN1C(=O)N(C2CCNC2)CC1C1CCCCC1. The first kappa shape index (κ1) is 12.3. The minimum absolute atomic E-state index is 0.263. The Morgan fingerprint density at radius 2 is 1.94 bits per heavy atom. The third kappa shape index (κ3) is 2.11. The Hall–Kier alpha value is -0.770. The van der Waals surface area contributed by atoms with Gasteiger partial charge in [-0.25, -0.2) is 4.79 Å². The highest BCUT2D eigenvalue weighted by molar-refractivity contribution is 5.77. The summed E-state index contributed by atoms with van der Waals surface area (Å²) < 4.78 is 0. The van der Waals surface area contributed by atoms with Gasteiger partial charge in [0, 0.05) is 26.2 Å². The fraction of sp³-hybridized carbons (Fsp3) is 0.929. The Morgan fingerprint density at radius 3 is 2.61 bits per heavy atom. The predicted octanol–water partition coefficient (Wildman–Crippen LogP) is 1.66. The molecule has 2 amide bonds. The molecular weight excluding hydrogens is 226 g/mol. The second-order valence-corrected chi connectivity index (χ2v) is 6.16. The monoisotopic (exact) mass is 251 g/mol. The molecule has 3 aliphatic rings. The van der Waals surface area contributed by atoms with Crippen molar-refractivity contribution in [2.45, 2.75) is 50.6 Å². The number of carbonyl (C=O) groups excluding carboxylic acids is 1. The average molecular weight is 251 g/mol. The molecule has 0 aromatic carbocycles. The summed E-state index contributed by atoms with van der Waals surface area (Å²) in [4.78, 5) is 16.5. The molecule has 3 rings (SSSR count). The van der Waals surface area contributed by atoms with E-state index in [0.29, 0.717) is 12.1 Å². The molecule has 102 valence electrons. The molecule has 2 atom stereocenters. The molecule has 0 radical (unpaired) electrons. The summed E-state index contributed by atoms with van der Waals surface area (Å²) in [6.07, 6.45) is 7.86. The normalized spacial score (nSPS) is 34.6. The molecule has 4 nitrogen and oxygen atoms in total. The largest absolute Gasteiger partial charge is 0.323 e. The van der Waals surface area contributed by atoms with Crippen LogP contribution in [0.2, 0.25) is 0 Å². The van der Waals surface area contributed by atoms with Crippen molar-refractivity contribution in [3.05, 3.63) is 0 Å². The van der Waals surface area contributed by atoms with Gasteiger partial charge in [0.05, 0.1) is 6.04 Å². The van der Waals surface area contributed by atoms with E-state index < -0.39 is 0 Å². The number of hydrogen-bond acceptors (Lipinski definition) is 2. The van der Waals surface area contributed by atoms with Gasteiger partial charge in [-0.2, -0.15) is 0 Å². The molecule has 2 unspecified atom stereocenters. The Bertz CT molecular complexity index is 308. The van der Waals surface area contributed by atoms with E-state index in [-0.39, 0.29) is 6.03 Å². The van der Waals surface area contributed by atoms with E-state index in [1.807, 2.05) is 11.9 Å². The van der Waals surface area contributed by atoms with Crippen molar-refractivity contribution < 1.29 is 4.79 Å². The maximum atomic E-state index is 12.4. The summed E-state index contributed by atoms with van der Waals surface area (Å²) in [7, 11) is 2.00. The van der Waals surface area contributed by atoms with Crippen LogP contribution in [0.25, 0.3) is 0 Å². The summed E-state index contributed by atoms with van der Waals surface area (Å²) >= 11 is 0. The summed E-state index contributed by atoms with van der Waals surface area (Å²) in [6.45, 7) is 3.01. The number of nitrogens with zero attached hydrogens (tertiary/aromatic N) is 2. The Kier molecular flexibility index (Phi) is 3.46. The van der Waals surface area contributed by atoms with Crippen molar-refractivity contribution in [2.24, 2.45) is 5.92 Å². The quantitative estimate of drug-likeness (QED) is 0.810. The molecule has 0 bridgehead atoms. The first-order chi connectivity index (χ1) is 8.77. The van der Waals surface area contributed by atoms with Crippen LogP contribution >= 0.6 is 0 Å². The summed E-state index contributed by atoms with van der Waals surface area (Å²) in [6, 6.07) is 1.17. The lowest BCUT2D eigenvalue weighted by Crippen LogP contribution is -2.39. The lowest BCUT2D eigenvalue weighted by Gasteiger charge is -2.30. The van der Waals surface area contributed by atoms with Crippen LogP contribution in [-0.2, 0) is 0 Å². The van der Waals surface area contributed by atoms with Crippen LogP contribution in [0.4, 0.5) is 4.79 Å². The zero-order valence-electron chi connectivity index (χ0n) is 11.4. The number of nitrogens with one attached hydrogen (secondary N) is 1. The number of likely N-dealkylation sites (N-methyl/N-ethyl adjacent to an activating group) is 1. The molecule has 18 heavy (non-hydrogen) atoms. The van der Waals surface area contributed by atoms with Gasteiger partial charge in [-0.05, 0) is 31.7 Å². The van der Waals surface area contributed by atoms with Gasteiger partial charge >= 0.3 is 6.03 Å². The molecule has 1 saturated carbocycles. The van der Waals surface area contributed by atoms with Crippen molar-refractivity contribution in [2.75, 3.05) is 26.7 Å². The van der Waals surface area contributed by atoms with Crippen LogP contribution < -0.4 is 5.32 Å². The Labute approximate surface area is 110 Å². The zero-order chi connectivity index (χ0) is 12.5. The van der Waals surface area contributed by atoms with E-state index in [2.05, 4.69) is 10.2 Å². The number of carbonyl (C=O) groups is 1. The minimum Gasteiger partial charge on any atom is -0.323 e. The van der Waals surface area contributed by atoms with Gasteiger partial charge in [-0.3, -0.25) is 0 Å². The third-order valence-electron chi connectivity index (χ3n) is 5.10. The average Bonchev–Trinajstić information content (AvgIpc) is 3.01. The van der Waals surface area contributed by atoms with E-state index in [1.165, 1.54) is 32.1 Å². The topological polar surface area (TPSA) is 35.6 Å². The number of urea groups is 1. The molecule has 0 aromatic heterocycles. The van der Waals surface area contributed by atoms with Crippen molar-refractivity contribution in [3.63, 3.8) is 0 Å². The highest BCUT2D eigenvalue weighted by Gasteiger charge is 2.42. The molecular formula is C14H25N3O. The van der Waals surface area contributed by atoms with E-state index in [4.69, 9.17) is 0 Å². The number of hydrogen-bond donors (Lipinski definition) is 1. The van der Waals surface area contributed by atoms with Crippen LogP contribution in [0.1, 0.15) is 38.5 Å². The standard InChI is InChI=1S/C14H25N3O/c1-16-13(11-5-3-2-4-6-11)10-17(14(16)18)12-7-8-15-9-12/h11-13,15H,2-10H2,1H3. The molecule has 0 spiro atoms. The Morgan fingerprint density at radius 1 is 1.17 bits per heavy atom. The molecule has 4 heteroatoms. The fourth-order valence-electron chi connectivity index (χ4n) is 3.94. The fourth-order valence-corrected chi connectivity index (χ4v) is 3.94. The van der Waals surface area contributed by atoms with Gasteiger partial charge in [-0.1, -0.05) is 19.3 Å². The molecule has 2 heterocycles. The second kappa shape index (κ2) is 5.08. The third-order valence-corrected chi connectivity index (χ3v) is 5.10. The van der Waals surface area contributed by atoms with Crippen LogP contribution in [0.3, 0.4) is 0 Å². The lowest BCUT2D eigenvalue weighted by atomic mass is 9.83. The van der Waals surface area contributed by atoms with Crippen molar-refractivity contribution in [1.82, 2.24) is 15.1 Å². The van der Waals surface area contributed by atoms with Gasteiger partial charge in [0.1, 0.15) is 0 Å². The van der Waals surface area contributed by atoms with Crippen molar-refractivity contribution in [1.29, 1.82) is 0 Å². The zero-order valence-corrected chi connectivity index (χ0v) is 11.4. The van der Waals surface area contributed by atoms with Gasteiger partial charge in [0.15, 0.2) is 0 Å². The van der Waals surface area contributed by atoms with Crippen LogP contribution in [0.5, 0.6) is 0 Å². The van der Waals surface area contributed by atoms with Gasteiger partial charge in [0.25, 0.3) is 0 Å². The molecule has 1 aliphatic carbocycles. The first-order valence-electron chi connectivity index (χ1n) is 7.51. The van der Waals surface area contributed by atoms with E-state index in [0.717, 1.165) is 32.0 Å². The molecule has 2 saturated heterocycles. The van der Waals surface area contributed by atoms with Crippen molar-refractivity contribution >= 4 is 6.03 Å². The highest BCUT2D eigenvalue weighted by atomic mass is 16.2. The smallest absolute Gasteiger partial charge is 0.320 e. The second-order valence-electron chi connectivity index (χ2n) is 6.16. The van der Waals surface area contributed by atoms with Crippen LogP contribution in [0.15, 0.2) is 0 Å². The highest BCUT2D eigenvalue weighted by Crippen LogP contribution is 2.33. The van der Waals surface area contributed by atoms with Gasteiger partial charge < -0.3 is 15.1 Å². The summed E-state index contributed by atoms with van der Waals surface area (Å²) in [5.74, 6) is 0.743. The van der Waals surface area contributed by atoms with E-state index in [9.17, 15) is 4.79 Å². The molecule has 1 N–H and O–H groups in total. The van der Waals surface area contributed by atoms with E-state index >= 15 is 0 Å².